The van der Waals surface area contributed by atoms with Gasteiger partial charge in [0.2, 0.25) is 0 Å². The van der Waals surface area contributed by atoms with Crippen molar-refractivity contribution in [1.82, 2.24) is 15.1 Å². The highest BCUT2D eigenvalue weighted by Crippen LogP contribution is 2.11. The van der Waals surface area contributed by atoms with Gasteiger partial charge in [0, 0.05) is 11.5 Å². The number of hydrogen-bond donors (Lipinski definition) is 1. The Morgan fingerprint density at radius 2 is 2.14 bits per heavy atom. The molecule has 0 unspecified atom stereocenters. The molecule has 3 rings (SSSR count). The minimum Gasteiger partial charge on any atom is -0.367 e. The molecular weight excluding hydrogens is 270 g/mol. The second kappa shape index (κ2) is 5.48. The van der Waals surface area contributed by atoms with Gasteiger partial charge in [-0.1, -0.05) is 23.3 Å². The first-order valence-corrected chi connectivity index (χ1v) is 6.33. The molecule has 2 aromatic rings. The second-order valence-electron chi connectivity index (χ2n) is 4.31. The summed E-state index contributed by atoms with van der Waals surface area (Å²) >= 11 is 0. The van der Waals surface area contributed by atoms with Gasteiger partial charge in [0.05, 0.1) is 12.2 Å². The zero-order chi connectivity index (χ0) is 14.7. The van der Waals surface area contributed by atoms with Crippen molar-refractivity contribution in [1.29, 1.82) is 0 Å². The molecule has 0 saturated carbocycles. The van der Waals surface area contributed by atoms with Crippen molar-refractivity contribution in [2.45, 2.75) is 0 Å². The van der Waals surface area contributed by atoms with Gasteiger partial charge in [-0.2, -0.15) is 9.78 Å². The fourth-order valence-corrected chi connectivity index (χ4v) is 2.03. The van der Waals surface area contributed by atoms with Crippen molar-refractivity contribution in [2.75, 3.05) is 13.1 Å². The minimum absolute atomic E-state index is 0.0113. The fourth-order valence-electron chi connectivity index (χ4n) is 2.03. The van der Waals surface area contributed by atoms with Gasteiger partial charge in [-0.15, -0.1) is 0 Å². The van der Waals surface area contributed by atoms with Gasteiger partial charge < -0.3 is 5.32 Å². The van der Waals surface area contributed by atoms with E-state index < -0.39 is 5.56 Å². The maximum absolute atomic E-state index is 12.3. The number of benzene rings is 1. The maximum atomic E-state index is 12.3. The fraction of sp³-hybridized carbons (Fsp3) is 0.154. The molecule has 2 heterocycles. The predicted octanol–water partition coefficient (Wildman–Crippen LogP) is 1.52. The molecular formula is C13H11N7O. The molecule has 0 atom stereocenters. The van der Waals surface area contributed by atoms with Crippen molar-refractivity contribution in [3.63, 3.8) is 0 Å². The van der Waals surface area contributed by atoms with Gasteiger partial charge >= 0.3 is 0 Å². The zero-order valence-corrected chi connectivity index (χ0v) is 11.0. The molecule has 104 valence electrons. The number of rotatable bonds is 3. The summed E-state index contributed by atoms with van der Waals surface area (Å²) in [5.41, 5.74) is 9.19. The van der Waals surface area contributed by atoms with Crippen molar-refractivity contribution in [3.8, 4) is 5.69 Å². The monoisotopic (exact) mass is 281 g/mol. The molecule has 1 aliphatic heterocycles. The molecule has 8 heteroatoms. The van der Waals surface area contributed by atoms with E-state index >= 15 is 0 Å². The van der Waals surface area contributed by atoms with Crippen molar-refractivity contribution < 1.29 is 0 Å². The Balaban J connectivity index is 2.23. The largest absolute Gasteiger partial charge is 0.367 e. The molecule has 0 fully saturated rings. The summed E-state index contributed by atoms with van der Waals surface area (Å²) in [7, 11) is 0. The molecule has 0 aliphatic carbocycles. The topological polar surface area (TPSA) is 108 Å². The number of azide groups is 1. The third-order valence-electron chi connectivity index (χ3n) is 2.96. The minimum atomic E-state index is -0.471. The summed E-state index contributed by atoms with van der Waals surface area (Å²) in [6.07, 6.45) is 0. The molecule has 0 saturated heterocycles. The Morgan fingerprint density at radius 1 is 1.33 bits per heavy atom. The van der Waals surface area contributed by atoms with Crippen LogP contribution < -0.4 is 10.9 Å². The summed E-state index contributed by atoms with van der Waals surface area (Å²) in [6, 6.07) is 10.4. The lowest BCUT2D eigenvalue weighted by molar-refractivity contribution is 0.798. The number of amidine groups is 1. The maximum Gasteiger partial charge on any atom is 0.281 e. The number of hydrogen-bond acceptors (Lipinski definition) is 5. The highest BCUT2D eigenvalue weighted by Gasteiger charge is 2.15. The highest BCUT2D eigenvalue weighted by atomic mass is 16.1. The molecule has 0 radical (unpaired) electrons. The van der Waals surface area contributed by atoms with Crippen LogP contribution >= 0.6 is 0 Å². The highest BCUT2D eigenvalue weighted by molar-refractivity contribution is 5.98. The number of aliphatic imine (C=N–C) groups is 1. The lowest BCUT2D eigenvalue weighted by Crippen LogP contribution is -2.27. The second-order valence-corrected chi connectivity index (χ2v) is 4.31. The number of nitrogens with one attached hydrogen (secondary N) is 1. The lowest BCUT2D eigenvalue weighted by atomic mass is 10.3. The van der Waals surface area contributed by atoms with Crippen LogP contribution in [0.1, 0.15) is 5.69 Å². The van der Waals surface area contributed by atoms with Crippen LogP contribution in [0.4, 0.5) is 5.69 Å². The van der Waals surface area contributed by atoms with E-state index in [1.54, 1.807) is 24.3 Å². The van der Waals surface area contributed by atoms with Crippen LogP contribution in [-0.4, -0.2) is 28.7 Å². The first-order chi connectivity index (χ1) is 10.3. The Labute approximate surface area is 119 Å². The predicted molar refractivity (Wildman–Crippen MR) is 78.0 cm³/mol. The Bertz CT molecular complexity index is 803. The van der Waals surface area contributed by atoms with E-state index in [2.05, 4.69) is 25.4 Å². The van der Waals surface area contributed by atoms with Crippen LogP contribution in [-0.2, 0) is 0 Å². The zero-order valence-electron chi connectivity index (χ0n) is 11.0. The molecule has 21 heavy (non-hydrogen) atoms. The first-order valence-electron chi connectivity index (χ1n) is 6.33. The van der Waals surface area contributed by atoms with Gasteiger partial charge in [-0.3, -0.25) is 9.79 Å². The summed E-state index contributed by atoms with van der Waals surface area (Å²) in [5, 5.41) is 10.8. The standard InChI is InChI=1S/C13H11N7O/c14-19-17-11-8-10(12-15-6-7-16-12)18-20(13(11)21)9-4-2-1-3-5-9/h1-5,8H,6-7H2,(H,15,16). The summed E-state index contributed by atoms with van der Waals surface area (Å²) in [4.78, 5) is 19.3. The summed E-state index contributed by atoms with van der Waals surface area (Å²) < 4.78 is 1.21. The van der Waals surface area contributed by atoms with Crippen LogP contribution in [0.2, 0.25) is 0 Å². The quantitative estimate of drug-likeness (QED) is 0.523. The molecule has 8 nitrogen and oxygen atoms in total. The van der Waals surface area contributed by atoms with Crippen LogP contribution in [0.3, 0.4) is 0 Å². The van der Waals surface area contributed by atoms with Gasteiger partial charge in [0.15, 0.2) is 0 Å². The molecule has 1 aromatic heterocycles. The Morgan fingerprint density at radius 3 is 2.81 bits per heavy atom. The smallest absolute Gasteiger partial charge is 0.281 e. The van der Waals surface area contributed by atoms with E-state index in [1.807, 2.05) is 6.07 Å². The summed E-state index contributed by atoms with van der Waals surface area (Å²) in [5.74, 6) is 0.592. The SMILES string of the molecule is [N-]=[N+]=Nc1cc(C2=NCCN2)nn(-c2ccccc2)c1=O. The normalized spacial score (nSPS) is 13.2. The average molecular weight is 281 g/mol. The van der Waals surface area contributed by atoms with E-state index in [0.717, 1.165) is 6.54 Å². The van der Waals surface area contributed by atoms with Gasteiger partial charge in [-0.25, -0.2) is 0 Å². The van der Waals surface area contributed by atoms with E-state index in [0.29, 0.717) is 23.8 Å². The van der Waals surface area contributed by atoms with E-state index in [1.165, 1.54) is 10.7 Å². The molecule has 1 aromatic carbocycles. The molecule has 1 aliphatic rings. The van der Waals surface area contributed by atoms with Gasteiger partial charge in [0.25, 0.3) is 5.56 Å². The molecule has 0 bridgehead atoms. The van der Waals surface area contributed by atoms with Crippen LogP contribution in [0.15, 0.2) is 51.3 Å². The number of nitrogens with zero attached hydrogens (tertiary/aromatic N) is 6. The third kappa shape index (κ3) is 2.47. The third-order valence-corrected chi connectivity index (χ3v) is 2.96. The Hall–Kier alpha value is -3.12. The van der Waals surface area contributed by atoms with Crippen molar-refractivity contribution in [2.24, 2.45) is 10.1 Å². The van der Waals surface area contributed by atoms with E-state index in [-0.39, 0.29) is 5.69 Å². The molecule has 0 amide bonds. The van der Waals surface area contributed by atoms with E-state index in [9.17, 15) is 4.79 Å². The Kier molecular flexibility index (Phi) is 3.36. The van der Waals surface area contributed by atoms with Gasteiger partial charge in [-0.05, 0) is 23.7 Å². The van der Waals surface area contributed by atoms with Crippen LogP contribution in [0, 0.1) is 0 Å². The van der Waals surface area contributed by atoms with Crippen molar-refractivity contribution >= 4 is 11.5 Å². The molecule has 1 N–H and O–H groups in total. The molecule has 0 spiro atoms. The van der Waals surface area contributed by atoms with Crippen molar-refractivity contribution in [3.05, 3.63) is 62.9 Å². The van der Waals surface area contributed by atoms with Crippen LogP contribution in [0.25, 0.3) is 16.1 Å². The lowest BCUT2D eigenvalue weighted by Gasteiger charge is -2.08. The summed E-state index contributed by atoms with van der Waals surface area (Å²) in [6.45, 7) is 1.37. The van der Waals surface area contributed by atoms with Gasteiger partial charge in [0.1, 0.15) is 17.2 Å². The number of aromatic nitrogens is 2. The average Bonchev–Trinajstić information content (AvgIpc) is 3.05. The van der Waals surface area contributed by atoms with E-state index in [4.69, 9.17) is 5.53 Å². The number of para-hydroxylation sites is 1. The van der Waals surface area contributed by atoms with Crippen LogP contribution in [0.5, 0.6) is 0 Å². The first kappa shape index (κ1) is 12.9.